The summed E-state index contributed by atoms with van der Waals surface area (Å²) in [7, 11) is 1.56. The normalized spacial score (nSPS) is 15.4. The number of methoxy groups -OCH3 is 1. The number of amides is 3. The zero-order chi connectivity index (χ0) is 23.2. The highest BCUT2D eigenvalue weighted by molar-refractivity contribution is 6.31. The number of anilines is 1. The smallest absolute Gasteiger partial charge is 0.248 e. The van der Waals surface area contributed by atoms with Crippen molar-refractivity contribution in [3.8, 4) is 0 Å². The molecule has 0 aliphatic carbocycles. The minimum Gasteiger partial charge on any atom is -0.383 e. The van der Waals surface area contributed by atoms with Gasteiger partial charge in [-0.15, -0.1) is 0 Å². The molecule has 1 heterocycles. The summed E-state index contributed by atoms with van der Waals surface area (Å²) in [5, 5.41) is 0.524. The molecule has 0 saturated carbocycles. The molecule has 0 radical (unpaired) electrons. The Morgan fingerprint density at radius 1 is 1.29 bits per heavy atom. The predicted molar refractivity (Wildman–Crippen MR) is 122 cm³/mol. The zero-order valence-corrected chi connectivity index (χ0v) is 19.9. The van der Waals surface area contributed by atoms with Gasteiger partial charge in [-0.05, 0) is 36.0 Å². The molecule has 1 fully saturated rings. The van der Waals surface area contributed by atoms with Gasteiger partial charge in [0.15, 0.2) is 0 Å². The quantitative estimate of drug-likeness (QED) is 0.576. The highest BCUT2D eigenvalue weighted by Crippen LogP contribution is 2.26. The number of nitrogens with zero attached hydrogens (tertiary/aromatic N) is 3. The Kier molecular flexibility index (Phi) is 8.89. The van der Waals surface area contributed by atoms with E-state index in [0.29, 0.717) is 30.3 Å². The first-order chi connectivity index (χ1) is 14.5. The highest BCUT2D eigenvalue weighted by atomic mass is 35.5. The van der Waals surface area contributed by atoms with E-state index in [2.05, 4.69) is 27.7 Å². The molecule has 0 bridgehead atoms. The molecule has 1 aromatic rings. The average Bonchev–Trinajstić information content (AvgIpc) is 3.05. The van der Waals surface area contributed by atoms with Crippen LogP contribution < -0.4 is 4.90 Å². The zero-order valence-electron chi connectivity index (χ0n) is 19.2. The highest BCUT2D eigenvalue weighted by Gasteiger charge is 2.33. The molecule has 0 aromatic heterocycles. The Morgan fingerprint density at radius 3 is 2.61 bits per heavy atom. The van der Waals surface area contributed by atoms with Crippen LogP contribution in [0.2, 0.25) is 5.02 Å². The van der Waals surface area contributed by atoms with Gasteiger partial charge in [0.2, 0.25) is 17.7 Å². The second-order valence-electron chi connectivity index (χ2n) is 9.42. The molecule has 1 unspecified atom stereocenters. The van der Waals surface area contributed by atoms with Crippen molar-refractivity contribution in [3.05, 3.63) is 29.3 Å². The topological polar surface area (TPSA) is 70.2 Å². The number of carbonyl (C=O) groups is 3. The molecule has 172 valence electrons. The van der Waals surface area contributed by atoms with Crippen LogP contribution in [0.3, 0.4) is 0 Å². The predicted octanol–water partition coefficient (Wildman–Crippen LogP) is 3.41. The van der Waals surface area contributed by atoms with E-state index in [4.69, 9.17) is 16.3 Å². The first kappa shape index (κ1) is 25.1. The maximum atomic E-state index is 12.9. The fraction of sp³-hybridized carbons (Fsp3) is 0.609. The van der Waals surface area contributed by atoms with Crippen molar-refractivity contribution in [3.63, 3.8) is 0 Å². The summed E-state index contributed by atoms with van der Waals surface area (Å²) in [4.78, 5) is 42.8. The molecular weight excluding hydrogens is 418 g/mol. The third-order valence-corrected chi connectivity index (χ3v) is 5.38. The van der Waals surface area contributed by atoms with Crippen LogP contribution in [-0.4, -0.2) is 67.5 Å². The lowest BCUT2D eigenvalue weighted by atomic mass is 9.84. The van der Waals surface area contributed by atoms with E-state index >= 15 is 0 Å². The van der Waals surface area contributed by atoms with Crippen LogP contribution in [0, 0.1) is 11.3 Å². The molecule has 1 atom stereocenters. The third-order valence-electron chi connectivity index (χ3n) is 5.14. The fourth-order valence-corrected chi connectivity index (χ4v) is 4.07. The Balaban J connectivity index is 2.01. The van der Waals surface area contributed by atoms with Gasteiger partial charge in [0.1, 0.15) is 13.2 Å². The summed E-state index contributed by atoms with van der Waals surface area (Å²) in [5.74, 6) is -0.298. The molecule has 7 nitrogen and oxygen atoms in total. The first-order valence-electron chi connectivity index (χ1n) is 10.6. The molecular formula is C23H34ClN3O4. The minimum atomic E-state index is -0.259. The van der Waals surface area contributed by atoms with Gasteiger partial charge in [0, 0.05) is 30.8 Å². The van der Waals surface area contributed by atoms with E-state index in [0.717, 1.165) is 6.42 Å². The molecule has 1 aromatic carbocycles. The summed E-state index contributed by atoms with van der Waals surface area (Å²) in [6, 6.07) is 6.97. The van der Waals surface area contributed by atoms with Crippen LogP contribution in [0.5, 0.6) is 0 Å². The Labute approximate surface area is 190 Å². The van der Waals surface area contributed by atoms with Gasteiger partial charge in [-0.1, -0.05) is 45.4 Å². The molecule has 0 spiro atoms. The molecule has 3 amide bonds. The van der Waals surface area contributed by atoms with Gasteiger partial charge in [0.25, 0.3) is 0 Å². The summed E-state index contributed by atoms with van der Waals surface area (Å²) in [6.45, 7) is 9.25. The van der Waals surface area contributed by atoms with Gasteiger partial charge in [-0.2, -0.15) is 0 Å². The van der Waals surface area contributed by atoms with E-state index in [9.17, 15) is 14.4 Å². The third kappa shape index (κ3) is 7.82. The molecule has 2 rings (SSSR count). The second kappa shape index (κ2) is 11.0. The summed E-state index contributed by atoms with van der Waals surface area (Å²) in [5.41, 5.74) is 0.781. The van der Waals surface area contributed by atoms with Crippen LogP contribution >= 0.6 is 11.6 Å². The second-order valence-corrected chi connectivity index (χ2v) is 9.85. The van der Waals surface area contributed by atoms with E-state index in [-0.39, 0.29) is 48.8 Å². The van der Waals surface area contributed by atoms with Crippen LogP contribution in [-0.2, 0) is 19.1 Å². The van der Waals surface area contributed by atoms with Crippen molar-refractivity contribution in [1.29, 1.82) is 0 Å². The fourth-order valence-electron chi connectivity index (χ4n) is 3.89. The first-order valence-corrected chi connectivity index (χ1v) is 11.0. The lowest BCUT2D eigenvalue weighted by molar-refractivity contribution is -0.141. The van der Waals surface area contributed by atoms with Gasteiger partial charge in [0.05, 0.1) is 13.2 Å². The number of benzene rings is 1. The summed E-state index contributed by atoms with van der Waals surface area (Å²) < 4.78 is 5.12. The minimum absolute atomic E-state index is 0.0158. The Bertz CT molecular complexity index is 793. The Morgan fingerprint density at radius 2 is 2.00 bits per heavy atom. The summed E-state index contributed by atoms with van der Waals surface area (Å²) >= 11 is 6.03. The van der Waals surface area contributed by atoms with Gasteiger partial charge in [-0.25, -0.2) is 0 Å². The van der Waals surface area contributed by atoms with Crippen LogP contribution in [0.15, 0.2) is 24.3 Å². The lowest BCUT2D eigenvalue weighted by Crippen LogP contribution is -2.44. The number of halogens is 1. The molecule has 1 aliphatic rings. The van der Waals surface area contributed by atoms with Crippen molar-refractivity contribution >= 4 is 35.0 Å². The van der Waals surface area contributed by atoms with Crippen LogP contribution in [0.4, 0.5) is 5.69 Å². The molecule has 0 N–H and O–H groups in total. The van der Waals surface area contributed by atoms with Crippen molar-refractivity contribution in [1.82, 2.24) is 9.80 Å². The van der Waals surface area contributed by atoms with Crippen LogP contribution in [0.25, 0.3) is 0 Å². The van der Waals surface area contributed by atoms with E-state index in [1.165, 1.54) is 14.7 Å². The lowest BCUT2D eigenvalue weighted by Gasteiger charge is -2.28. The van der Waals surface area contributed by atoms with Crippen LogP contribution in [0.1, 0.15) is 40.5 Å². The molecule has 1 aliphatic heterocycles. The van der Waals surface area contributed by atoms with Gasteiger partial charge in [-0.3, -0.25) is 19.3 Å². The van der Waals surface area contributed by atoms with Gasteiger partial charge >= 0.3 is 0 Å². The van der Waals surface area contributed by atoms with Crippen molar-refractivity contribution in [2.24, 2.45) is 11.3 Å². The number of carbonyl (C=O) groups excluding carboxylic acids is 3. The average molecular weight is 452 g/mol. The maximum Gasteiger partial charge on any atom is 0.248 e. The Hall–Kier alpha value is -2.12. The van der Waals surface area contributed by atoms with Crippen molar-refractivity contribution < 1.29 is 19.1 Å². The largest absolute Gasteiger partial charge is 0.383 e. The summed E-state index contributed by atoms with van der Waals surface area (Å²) in [6.07, 6.45) is 1.29. The van der Waals surface area contributed by atoms with Crippen molar-refractivity contribution in [2.75, 3.05) is 44.9 Å². The number of rotatable bonds is 9. The van der Waals surface area contributed by atoms with E-state index in [1.807, 2.05) is 0 Å². The van der Waals surface area contributed by atoms with E-state index in [1.54, 1.807) is 31.4 Å². The molecule has 8 heteroatoms. The van der Waals surface area contributed by atoms with Crippen molar-refractivity contribution in [2.45, 2.75) is 40.5 Å². The van der Waals surface area contributed by atoms with Gasteiger partial charge < -0.3 is 14.5 Å². The SMILES string of the molecule is COCCN(CC(=O)N1CC(=O)N(c2cccc(Cl)c2)C1)C(=O)CC(C)CC(C)(C)C. The monoisotopic (exact) mass is 451 g/mol. The number of hydrogen-bond acceptors (Lipinski definition) is 4. The molecule has 1 saturated heterocycles. The standard InChI is InChI=1S/C23H34ClN3O4/c1-17(13-23(2,3)4)11-20(28)25(9-10-31-5)14-21(29)26-15-22(30)27(16-26)19-8-6-7-18(24)12-19/h6-8,12,17H,9-11,13-16H2,1-5H3. The number of ether oxygens (including phenoxy) is 1. The van der Waals surface area contributed by atoms with E-state index < -0.39 is 0 Å². The number of hydrogen-bond donors (Lipinski definition) is 0. The molecule has 31 heavy (non-hydrogen) atoms. The maximum absolute atomic E-state index is 12.9.